The lowest BCUT2D eigenvalue weighted by Crippen LogP contribution is -1.96. The Bertz CT molecular complexity index is 588. The number of rotatable bonds is 4. The van der Waals surface area contributed by atoms with Crippen LogP contribution in [0.25, 0.3) is 10.8 Å². The number of ether oxygens (including phenoxy) is 1. The molecule has 0 radical (unpaired) electrons. The van der Waals surface area contributed by atoms with Crippen LogP contribution in [0.2, 0.25) is 0 Å². The van der Waals surface area contributed by atoms with Gasteiger partial charge in [-0.2, -0.15) is 0 Å². The lowest BCUT2D eigenvalue weighted by Gasteiger charge is -2.13. The highest BCUT2D eigenvalue weighted by molar-refractivity contribution is 6.04. The van der Waals surface area contributed by atoms with Gasteiger partial charge in [-0.1, -0.05) is 25.1 Å². The summed E-state index contributed by atoms with van der Waals surface area (Å²) in [5.41, 5.74) is 1.55. The molecule has 18 heavy (non-hydrogen) atoms. The van der Waals surface area contributed by atoms with Gasteiger partial charge in [0.1, 0.15) is 0 Å². The first-order chi connectivity index (χ1) is 8.72. The third-order valence-electron chi connectivity index (χ3n) is 3.03. The van der Waals surface area contributed by atoms with Gasteiger partial charge in [-0.15, -0.1) is 0 Å². The molecule has 0 aromatic heterocycles. The Labute approximate surface area is 106 Å². The number of phenols is 1. The molecule has 0 atom stereocenters. The molecule has 3 nitrogen and oxygen atoms in total. The highest BCUT2D eigenvalue weighted by Gasteiger charge is 2.14. The van der Waals surface area contributed by atoms with Crippen molar-refractivity contribution in [1.29, 1.82) is 0 Å². The van der Waals surface area contributed by atoms with Gasteiger partial charge in [-0.3, -0.25) is 4.79 Å². The van der Waals surface area contributed by atoms with Crippen LogP contribution in [-0.2, 0) is 6.42 Å². The van der Waals surface area contributed by atoms with E-state index in [1.807, 2.05) is 32.0 Å². The monoisotopic (exact) mass is 244 g/mol. The Morgan fingerprint density at radius 1 is 1.33 bits per heavy atom. The zero-order chi connectivity index (χ0) is 13.1. The van der Waals surface area contributed by atoms with Crippen LogP contribution >= 0.6 is 0 Å². The highest BCUT2D eigenvalue weighted by atomic mass is 16.5. The minimum Gasteiger partial charge on any atom is -0.504 e. The smallest absolute Gasteiger partial charge is 0.166 e. The zero-order valence-corrected chi connectivity index (χ0v) is 10.6. The first-order valence-corrected chi connectivity index (χ1v) is 6.08. The van der Waals surface area contributed by atoms with E-state index < -0.39 is 0 Å². The van der Waals surface area contributed by atoms with Crippen LogP contribution in [0.3, 0.4) is 0 Å². The normalized spacial score (nSPS) is 10.6. The quantitative estimate of drug-likeness (QED) is 0.839. The molecule has 0 aliphatic rings. The molecular formula is C15H16O3. The van der Waals surface area contributed by atoms with Gasteiger partial charge in [0, 0.05) is 10.9 Å². The first kappa shape index (κ1) is 12.4. The van der Waals surface area contributed by atoms with Crippen molar-refractivity contribution in [3.8, 4) is 11.5 Å². The molecular weight excluding hydrogens is 228 g/mol. The maximum atomic E-state index is 11.2. The number of aryl methyl sites for hydroxylation is 1. The summed E-state index contributed by atoms with van der Waals surface area (Å²) in [6, 6.07) is 7.28. The summed E-state index contributed by atoms with van der Waals surface area (Å²) in [5.74, 6) is 0.489. The maximum absolute atomic E-state index is 11.2. The van der Waals surface area contributed by atoms with E-state index in [1.165, 1.54) is 0 Å². The van der Waals surface area contributed by atoms with Crippen molar-refractivity contribution in [2.75, 3.05) is 6.61 Å². The molecule has 0 unspecified atom stereocenters. The Balaban J connectivity index is 2.85. The molecule has 0 amide bonds. The molecule has 2 aromatic rings. The first-order valence-electron chi connectivity index (χ1n) is 6.08. The maximum Gasteiger partial charge on any atom is 0.166 e. The van der Waals surface area contributed by atoms with Crippen molar-refractivity contribution in [3.05, 3.63) is 35.4 Å². The predicted octanol–water partition coefficient (Wildman–Crippen LogP) is 3.32. The lowest BCUT2D eigenvalue weighted by atomic mass is 9.97. The van der Waals surface area contributed by atoms with Crippen molar-refractivity contribution in [2.24, 2.45) is 0 Å². The fourth-order valence-electron chi connectivity index (χ4n) is 2.19. The molecule has 2 rings (SSSR count). The van der Waals surface area contributed by atoms with Gasteiger partial charge in [0.25, 0.3) is 0 Å². The molecule has 2 aromatic carbocycles. The van der Waals surface area contributed by atoms with Gasteiger partial charge in [0.2, 0.25) is 0 Å². The SMILES string of the molecule is CCOc1cc(C=O)c2cccc(CC)c2c1O. The van der Waals surface area contributed by atoms with E-state index in [0.29, 0.717) is 23.3 Å². The molecule has 3 heteroatoms. The molecule has 0 aliphatic carbocycles. The summed E-state index contributed by atoms with van der Waals surface area (Å²) >= 11 is 0. The fourth-order valence-corrected chi connectivity index (χ4v) is 2.19. The molecule has 0 fully saturated rings. The van der Waals surface area contributed by atoms with E-state index >= 15 is 0 Å². The number of benzene rings is 2. The van der Waals surface area contributed by atoms with Gasteiger partial charge >= 0.3 is 0 Å². The number of fused-ring (bicyclic) bond motifs is 1. The van der Waals surface area contributed by atoms with Crippen LogP contribution in [-0.4, -0.2) is 18.0 Å². The number of aldehydes is 1. The van der Waals surface area contributed by atoms with Crippen LogP contribution in [0.4, 0.5) is 0 Å². The Morgan fingerprint density at radius 3 is 2.72 bits per heavy atom. The van der Waals surface area contributed by atoms with E-state index in [0.717, 1.165) is 23.7 Å². The Hall–Kier alpha value is -2.03. The number of hydrogen-bond acceptors (Lipinski definition) is 3. The fraction of sp³-hybridized carbons (Fsp3) is 0.267. The Kier molecular flexibility index (Phi) is 3.51. The molecule has 94 valence electrons. The van der Waals surface area contributed by atoms with Crippen LogP contribution in [0.1, 0.15) is 29.8 Å². The minimum atomic E-state index is 0.120. The standard InChI is InChI=1S/C15H16O3/c1-3-10-6-5-7-12-11(9-16)8-13(18-4-2)15(17)14(10)12/h5-9,17H,3-4H2,1-2H3. The van der Waals surface area contributed by atoms with Crippen molar-refractivity contribution in [2.45, 2.75) is 20.3 Å². The van der Waals surface area contributed by atoms with Crippen molar-refractivity contribution in [1.82, 2.24) is 0 Å². The van der Waals surface area contributed by atoms with Crippen LogP contribution in [0.5, 0.6) is 11.5 Å². The van der Waals surface area contributed by atoms with Gasteiger partial charge in [0.05, 0.1) is 6.61 Å². The molecule has 0 saturated carbocycles. The highest BCUT2D eigenvalue weighted by Crippen LogP contribution is 2.38. The van der Waals surface area contributed by atoms with E-state index in [9.17, 15) is 9.90 Å². The minimum absolute atomic E-state index is 0.120. The largest absolute Gasteiger partial charge is 0.504 e. The van der Waals surface area contributed by atoms with Crippen molar-refractivity contribution in [3.63, 3.8) is 0 Å². The summed E-state index contributed by atoms with van der Waals surface area (Å²) in [7, 11) is 0. The Morgan fingerprint density at radius 2 is 2.11 bits per heavy atom. The van der Waals surface area contributed by atoms with Crippen LogP contribution < -0.4 is 4.74 Å². The molecule has 0 saturated heterocycles. The van der Waals surface area contributed by atoms with E-state index in [-0.39, 0.29) is 5.75 Å². The van der Waals surface area contributed by atoms with Gasteiger partial charge in [-0.25, -0.2) is 0 Å². The average molecular weight is 244 g/mol. The third-order valence-corrected chi connectivity index (χ3v) is 3.03. The lowest BCUT2D eigenvalue weighted by molar-refractivity contribution is 0.112. The number of aromatic hydroxyl groups is 1. The molecule has 0 bridgehead atoms. The van der Waals surface area contributed by atoms with E-state index in [4.69, 9.17) is 4.74 Å². The molecule has 0 aliphatic heterocycles. The summed E-state index contributed by atoms with van der Waals surface area (Å²) in [4.78, 5) is 11.2. The molecule has 0 spiro atoms. The number of carbonyl (C=O) groups is 1. The second-order valence-electron chi connectivity index (χ2n) is 4.06. The number of carbonyl (C=O) groups excluding carboxylic acids is 1. The zero-order valence-electron chi connectivity index (χ0n) is 10.6. The summed E-state index contributed by atoms with van der Waals surface area (Å²) in [6.07, 6.45) is 1.59. The predicted molar refractivity (Wildman–Crippen MR) is 71.5 cm³/mol. The number of hydrogen-bond donors (Lipinski definition) is 1. The molecule has 1 N–H and O–H groups in total. The summed E-state index contributed by atoms with van der Waals surface area (Å²) in [5, 5.41) is 11.8. The average Bonchev–Trinajstić information content (AvgIpc) is 2.41. The number of phenolic OH excluding ortho intramolecular Hbond substituents is 1. The second kappa shape index (κ2) is 5.08. The topological polar surface area (TPSA) is 46.5 Å². The van der Waals surface area contributed by atoms with Gasteiger partial charge in [-0.05, 0) is 30.4 Å². The van der Waals surface area contributed by atoms with Crippen molar-refractivity contribution < 1.29 is 14.6 Å². The summed E-state index contributed by atoms with van der Waals surface area (Å²) in [6.45, 7) is 4.31. The van der Waals surface area contributed by atoms with Crippen molar-refractivity contribution >= 4 is 17.1 Å². The van der Waals surface area contributed by atoms with E-state index in [1.54, 1.807) is 6.07 Å². The molecule has 0 heterocycles. The third kappa shape index (κ3) is 1.92. The van der Waals surface area contributed by atoms with Gasteiger partial charge < -0.3 is 9.84 Å². The summed E-state index contributed by atoms with van der Waals surface area (Å²) < 4.78 is 5.38. The second-order valence-corrected chi connectivity index (χ2v) is 4.06. The van der Waals surface area contributed by atoms with Crippen LogP contribution in [0.15, 0.2) is 24.3 Å². The van der Waals surface area contributed by atoms with Crippen LogP contribution in [0, 0.1) is 0 Å². The van der Waals surface area contributed by atoms with E-state index in [2.05, 4.69) is 0 Å². The van der Waals surface area contributed by atoms with Gasteiger partial charge in [0.15, 0.2) is 17.8 Å².